The molecule has 0 saturated carbocycles. The molecule has 0 spiro atoms. The van der Waals surface area contributed by atoms with E-state index in [0.29, 0.717) is 24.5 Å². The molecule has 0 saturated heterocycles. The molecule has 1 amide bonds. The molecule has 30 heavy (non-hydrogen) atoms. The van der Waals surface area contributed by atoms with Crippen molar-refractivity contribution in [3.8, 4) is 11.1 Å². The first-order valence-corrected chi connectivity index (χ1v) is 10.5. The minimum atomic E-state index is -0.398. The molecule has 3 aromatic carbocycles. The summed E-state index contributed by atoms with van der Waals surface area (Å²) in [6, 6.07) is 24.0. The molecule has 0 heterocycles. The number of carbonyl (C=O) groups excluding carboxylic acids is 1. The van der Waals surface area contributed by atoms with E-state index in [1.807, 2.05) is 42.5 Å². The molecular formula is C25H24ClNO3. The summed E-state index contributed by atoms with van der Waals surface area (Å²) in [7, 11) is 0. The first-order valence-electron chi connectivity index (χ1n) is 10.1. The number of amides is 1. The molecule has 0 aliphatic heterocycles. The number of hydrogen-bond acceptors (Lipinski definition) is 3. The highest BCUT2D eigenvalue weighted by Crippen LogP contribution is 2.44. The summed E-state index contributed by atoms with van der Waals surface area (Å²) in [6.07, 6.45) is 0.0829. The van der Waals surface area contributed by atoms with Crippen LogP contribution < -0.4 is 0 Å². The van der Waals surface area contributed by atoms with Gasteiger partial charge in [0.05, 0.1) is 6.54 Å². The van der Waals surface area contributed by atoms with E-state index in [1.165, 1.54) is 22.3 Å². The molecule has 4 rings (SSSR count). The predicted octanol–water partition coefficient (Wildman–Crippen LogP) is 5.47. The number of benzene rings is 3. The lowest BCUT2D eigenvalue weighted by Gasteiger charge is -2.24. The number of aliphatic hydroxyl groups excluding tert-OH is 1. The molecule has 1 aliphatic rings. The molecule has 4 nitrogen and oxygen atoms in total. The Balaban J connectivity index is 1.50. The van der Waals surface area contributed by atoms with Gasteiger partial charge in [-0.15, -0.1) is 0 Å². The normalized spacial score (nSPS) is 12.3. The topological polar surface area (TPSA) is 49.8 Å². The first kappa shape index (κ1) is 20.5. The zero-order chi connectivity index (χ0) is 20.9. The van der Waals surface area contributed by atoms with Crippen LogP contribution in [0.25, 0.3) is 11.1 Å². The number of rotatable bonds is 7. The number of carbonyl (C=O) groups is 1. The lowest BCUT2D eigenvalue weighted by molar-refractivity contribution is 0.0944. The molecule has 1 N–H and O–H groups in total. The van der Waals surface area contributed by atoms with Crippen LogP contribution in [0.4, 0.5) is 4.79 Å². The van der Waals surface area contributed by atoms with Crippen molar-refractivity contribution in [3.05, 3.63) is 94.5 Å². The maximum absolute atomic E-state index is 12.9. The van der Waals surface area contributed by atoms with Crippen LogP contribution in [0.3, 0.4) is 0 Å². The third-order valence-corrected chi connectivity index (χ3v) is 5.87. The van der Waals surface area contributed by atoms with Crippen LogP contribution in [0, 0.1) is 0 Å². The number of ether oxygens (including phenoxy) is 1. The Kier molecular flexibility index (Phi) is 6.36. The van der Waals surface area contributed by atoms with Crippen LogP contribution in [0.5, 0.6) is 0 Å². The van der Waals surface area contributed by atoms with Gasteiger partial charge in [0.25, 0.3) is 0 Å². The molecule has 0 unspecified atom stereocenters. The standard InChI is InChI=1S/C25H24ClNO3/c26-24-13-6-1-8-18(24)16-27(14-7-15-28)25(29)30-17-23-21-11-4-2-9-19(21)20-10-3-5-12-22(20)23/h1-6,8-13,23,28H,7,14-17H2. The van der Waals surface area contributed by atoms with E-state index in [-0.39, 0.29) is 19.1 Å². The Morgan fingerprint density at radius 3 is 2.17 bits per heavy atom. The Morgan fingerprint density at radius 1 is 0.933 bits per heavy atom. The van der Waals surface area contributed by atoms with Gasteiger partial charge in [0.15, 0.2) is 0 Å². The highest BCUT2D eigenvalue weighted by atomic mass is 35.5. The smallest absolute Gasteiger partial charge is 0.410 e. The predicted molar refractivity (Wildman–Crippen MR) is 119 cm³/mol. The highest BCUT2D eigenvalue weighted by molar-refractivity contribution is 6.31. The molecule has 154 valence electrons. The van der Waals surface area contributed by atoms with Crippen LogP contribution in [0.15, 0.2) is 72.8 Å². The van der Waals surface area contributed by atoms with Gasteiger partial charge in [0, 0.05) is 24.1 Å². The maximum Gasteiger partial charge on any atom is 0.410 e. The zero-order valence-corrected chi connectivity index (χ0v) is 17.4. The molecule has 5 heteroatoms. The van der Waals surface area contributed by atoms with Gasteiger partial charge in [-0.05, 0) is 40.3 Å². The van der Waals surface area contributed by atoms with Crippen LogP contribution >= 0.6 is 11.6 Å². The van der Waals surface area contributed by atoms with E-state index < -0.39 is 6.09 Å². The Morgan fingerprint density at radius 2 is 1.53 bits per heavy atom. The summed E-state index contributed by atoms with van der Waals surface area (Å²) in [5.74, 6) is 0.0151. The average molecular weight is 422 g/mol. The molecule has 0 aromatic heterocycles. The Hall–Kier alpha value is -2.82. The second-order valence-corrected chi connectivity index (χ2v) is 7.80. The lowest BCUT2D eigenvalue weighted by Crippen LogP contribution is -2.33. The molecule has 0 fully saturated rings. The minimum Gasteiger partial charge on any atom is -0.448 e. The molecule has 0 bridgehead atoms. The summed E-state index contributed by atoms with van der Waals surface area (Å²) < 4.78 is 5.77. The van der Waals surface area contributed by atoms with Gasteiger partial charge < -0.3 is 14.7 Å². The molecular weight excluding hydrogens is 398 g/mol. The molecule has 3 aromatic rings. The summed E-state index contributed by atoms with van der Waals surface area (Å²) >= 11 is 6.27. The first-order chi connectivity index (χ1) is 14.7. The molecule has 0 atom stereocenters. The molecule has 0 radical (unpaired) electrons. The third-order valence-electron chi connectivity index (χ3n) is 5.50. The van der Waals surface area contributed by atoms with Gasteiger partial charge in [-0.25, -0.2) is 4.79 Å². The van der Waals surface area contributed by atoms with E-state index in [9.17, 15) is 9.90 Å². The largest absolute Gasteiger partial charge is 0.448 e. The van der Waals surface area contributed by atoms with Crippen molar-refractivity contribution in [2.24, 2.45) is 0 Å². The van der Waals surface area contributed by atoms with Gasteiger partial charge in [-0.3, -0.25) is 0 Å². The van der Waals surface area contributed by atoms with Gasteiger partial charge in [-0.2, -0.15) is 0 Å². The van der Waals surface area contributed by atoms with E-state index in [1.54, 1.807) is 11.0 Å². The summed E-state index contributed by atoms with van der Waals surface area (Å²) in [6.45, 7) is 1.02. The van der Waals surface area contributed by atoms with Crippen molar-refractivity contribution < 1.29 is 14.6 Å². The van der Waals surface area contributed by atoms with Crippen LogP contribution in [-0.2, 0) is 11.3 Å². The van der Waals surface area contributed by atoms with Gasteiger partial charge in [0.1, 0.15) is 6.61 Å². The SMILES string of the molecule is O=C(OCC1c2ccccc2-c2ccccc21)N(CCCO)Cc1ccccc1Cl. The molecule has 1 aliphatic carbocycles. The van der Waals surface area contributed by atoms with Crippen molar-refractivity contribution in [1.82, 2.24) is 4.90 Å². The van der Waals surface area contributed by atoms with Crippen molar-refractivity contribution in [2.75, 3.05) is 19.8 Å². The van der Waals surface area contributed by atoms with Crippen molar-refractivity contribution >= 4 is 17.7 Å². The van der Waals surface area contributed by atoms with Crippen molar-refractivity contribution in [2.45, 2.75) is 18.9 Å². The Bertz CT molecular complexity index is 991. The van der Waals surface area contributed by atoms with Crippen molar-refractivity contribution in [3.63, 3.8) is 0 Å². The van der Waals surface area contributed by atoms with Crippen LogP contribution in [0.1, 0.15) is 29.0 Å². The van der Waals surface area contributed by atoms with E-state index in [2.05, 4.69) is 24.3 Å². The number of nitrogens with zero attached hydrogens (tertiary/aromatic N) is 1. The fourth-order valence-electron chi connectivity index (χ4n) is 4.01. The second kappa shape index (κ2) is 9.33. The quantitative estimate of drug-likeness (QED) is 0.550. The zero-order valence-electron chi connectivity index (χ0n) is 16.6. The number of fused-ring (bicyclic) bond motifs is 3. The van der Waals surface area contributed by atoms with E-state index >= 15 is 0 Å². The Labute approximate surface area is 181 Å². The maximum atomic E-state index is 12.9. The van der Waals surface area contributed by atoms with Crippen molar-refractivity contribution in [1.29, 1.82) is 0 Å². The summed E-state index contributed by atoms with van der Waals surface area (Å²) in [5.41, 5.74) is 5.61. The van der Waals surface area contributed by atoms with Crippen LogP contribution in [-0.4, -0.2) is 35.9 Å². The number of aliphatic hydroxyl groups is 1. The third kappa shape index (κ3) is 4.20. The fraction of sp³-hybridized carbons (Fsp3) is 0.240. The number of halogens is 1. The lowest BCUT2D eigenvalue weighted by atomic mass is 9.98. The van der Waals surface area contributed by atoms with Crippen LogP contribution in [0.2, 0.25) is 5.02 Å². The fourth-order valence-corrected chi connectivity index (χ4v) is 4.21. The highest BCUT2D eigenvalue weighted by Gasteiger charge is 2.29. The minimum absolute atomic E-state index is 0.00960. The summed E-state index contributed by atoms with van der Waals surface area (Å²) in [5, 5.41) is 9.84. The van der Waals surface area contributed by atoms with Gasteiger partial charge in [0.2, 0.25) is 0 Å². The van der Waals surface area contributed by atoms with E-state index in [4.69, 9.17) is 16.3 Å². The summed E-state index contributed by atoms with van der Waals surface area (Å²) in [4.78, 5) is 14.5. The van der Waals surface area contributed by atoms with Gasteiger partial charge in [-0.1, -0.05) is 78.3 Å². The van der Waals surface area contributed by atoms with Gasteiger partial charge >= 0.3 is 6.09 Å². The van der Waals surface area contributed by atoms with E-state index in [0.717, 1.165) is 5.56 Å². The number of hydrogen-bond donors (Lipinski definition) is 1. The monoisotopic (exact) mass is 421 g/mol. The average Bonchev–Trinajstić information content (AvgIpc) is 3.10. The second-order valence-electron chi connectivity index (χ2n) is 7.39.